The van der Waals surface area contributed by atoms with Crippen LogP contribution in [0.3, 0.4) is 0 Å². The summed E-state index contributed by atoms with van der Waals surface area (Å²) in [5.74, 6) is -2.51. The smallest absolute Gasteiger partial charge is 0.243 e. The molecule has 1 fully saturated rings. The number of hydrogen-bond donors (Lipinski definition) is 0. The lowest BCUT2D eigenvalue weighted by Gasteiger charge is -2.33. The van der Waals surface area contributed by atoms with E-state index in [1.54, 1.807) is 4.68 Å². The molecule has 3 heterocycles. The minimum absolute atomic E-state index is 0.00587. The molecule has 1 unspecified atom stereocenters. The van der Waals surface area contributed by atoms with E-state index in [2.05, 4.69) is 10.1 Å². The maximum absolute atomic E-state index is 14.5. The van der Waals surface area contributed by atoms with E-state index in [0.29, 0.717) is 24.4 Å². The number of piperidine rings is 1. The van der Waals surface area contributed by atoms with Gasteiger partial charge in [-0.25, -0.2) is 22.2 Å². The van der Waals surface area contributed by atoms with Gasteiger partial charge in [0.05, 0.1) is 27.8 Å². The highest BCUT2D eigenvalue weighted by atomic mass is 35.5. The van der Waals surface area contributed by atoms with Crippen LogP contribution in [0.15, 0.2) is 47.4 Å². The zero-order valence-corrected chi connectivity index (χ0v) is 23.7. The number of carbonyl (C=O) groups is 1. The molecule has 5 rings (SSSR count). The van der Waals surface area contributed by atoms with Gasteiger partial charge in [-0.1, -0.05) is 22.9 Å². The minimum Gasteiger partial charge on any atom is -0.286 e. The number of nitrogens with zero attached hydrogens (tertiary/aromatic N) is 5. The number of halogens is 3. The summed E-state index contributed by atoms with van der Waals surface area (Å²) in [4.78, 5) is 19.8. The van der Waals surface area contributed by atoms with Crippen molar-refractivity contribution in [1.82, 2.24) is 19.1 Å². The van der Waals surface area contributed by atoms with Crippen molar-refractivity contribution in [3.05, 3.63) is 70.5 Å². The molecule has 1 saturated heterocycles. The first-order valence-electron chi connectivity index (χ1n) is 12.4. The maximum Gasteiger partial charge on any atom is 0.243 e. The number of benzene rings is 2. The average molecular weight is 594 g/mol. The molecule has 13 heteroatoms. The van der Waals surface area contributed by atoms with Crippen LogP contribution < -0.4 is 4.90 Å². The van der Waals surface area contributed by atoms with Crippen molar-refractivity contribution in [1.29, 1.82) is 0 Å². The third-order valence-corrected chi connectivity index (χ3v) is 9.88. The fraction of sp³-hybridized carbons (Fsp3) is 0.346. The van der Waals surface area contributed by atoms with Crippen LogP contribution in [-0.4, -0.2) is 53.0 Å². The topological polar surface area (TPSA) is 88.4 Å². The highest BCUT2D eigenvalue weighted by Crippen LogP contribution is 2.33. The van der Waals surface area contributed by atoms with Crippen LogP contribution in [0.25, 0.3) is 10.2 Å². The molecule has 0 aliphatic carbocycles. The van der Waals surface area contributed by atoms with Crippen molar-refractivity contribution < 1.29 is 22.0 Å². The lowest BCUT2D eigenvalue weighted by atomic mass is 9.98. The minimum atomic E-state index is -3.84. The summed E-state index contributed by atoms with van der Waals surface area (Å²) in [6.07, 6.45) is 0.976. The second-order valence-corrected chi connectivity index (χ2v) is 12.9. The fourth-order valence-electron chi connectivity index (χ4n) is 4.80. The van der Waals surface area contributed by atoms with Gasteiger partial charge >= 0.3 is 0 Å². The Labute approximate surface area is 233 Å². The van der Waals surface area contributed by atoms with Crippen LogP contribution in [0.5, 0.6) is 0 Å². The second-order valence-electron chi connectivity index (χ2n) is 9.53. The Morgan fingerprint density at radius 2 is 1.92 bits per heavy atom. The highest BCUT2D eigenvalue weighted by molar-refractivity contribution is 7.89. The van der Waals surface area contributed by atoms with E-state index < -0.39 is 27.6 Å². The van der Waals surface area contributed by atoms with E-state index >= 15 is 0 Å². The normalized spacial score (nSPS) is 16.6. The quantitative estimate of drug-likeness (QED) is 0.295. The average Bonchev–Trinajstić information content (AvgIpc) is 3.46. The Hall–Kier alpha value is -2.93. The van der Waals surface area contributed by atoms with Crippen molar-refractivity contribution in [3.63, 3.8) is 0 Å². The largest absolute Gasteiger partial charge is 0.286 e. The first-order valence-corrected chi connectivity index (χ1v) is 15.0. The molecule has 0 saturated carbocycles. The predicted molar refractivity (Wildman–Crippen MR) is 147 cm³/mol. The standard InChI is InChI=1S/C26H26ClF2N5O3S2/c1-16-12-17(2)34(31-16)11-10-33(26-30-24-22(29)13-20(28)14-23(24)38-26)25(35)18-4-3-9-32(15-18)39(36,37)21-7-5-19(27)6-8-21/h5-8,12-14,18H,3-4,9-11,15H2,1-2H3. The zero-order chi connectivity index (χ0) is 27.9. The van der Waals surface area contributed by atoms with Crippen LogP contribution in [0.1, 0.15) is 24.2 Å². The van der Waals surface area contributed by atoms with Gasteiger partial charge in [0.25, 0.3) is 0 Å². The van der Waals surface area contributed by atoms with E-state index in [1.165, 1.54) is 39.5 Å². The van der Waals surface area contributed by atoms with Crippen molar-refractivity contribution in [3.8, 4) is 0 Å². The van der Waals surface area contributed by atoms with E-state index in [9.17, 15) is 22.0 Å². The number of aryl methyl sites for hydroxylation is 2. The van der Waals surface area contributed by atoms with Gasteiger partial charge in [-0.15, -0.1) is 0 Å². The molecular formula is C26H26ClF2N5O3S2. The number of thiazole rings is 1. The first-order chi connectivity index (χ1) is 18.5. The zero-order valence-electron chi connectivity index (χ0n) is 21.3. The molecule has 0 spiro atoms. The summed E-state index contributed by atoms with van der Waals surface area (Å²) >= 11 is 6.94. The Morgan fingerprint density at radius 3 is 2.62 bits per heavy atom. The Balaban J connectivity index is 1.44. The number of hydrogen-bond acceptors (Lipinski definition) is 6. The second kappa shape index (κ2) is 10.9. The Kier molecular flexibility index (Phi) is 7.73. The SMILES string of the molecule is Cc1cc(C)n(CCN(C(=O)C2CCCN(S(=O)(=O)c3ccc(Cl)cc3)C2)c2nc3c(F)cc(F)cc3s2)n1. The van der Waals surface area contributed by atoms with Gasteiger partial charge in [0.2, 0.25) is 15.9 Å². The Morgan fingerprint density at radius 1 is 1.18 bits per heavy atom. The van der Waals surface area contributed by atoms with E-state index in [-0.39, 0.29) is 45.8 Å². The summed E-state index contributed by atoms with van der Waals surface area (Å²) in [6, 6.07) is 9.77. The molecule has 0 radical (unpaired) electrons. The lowest BCUT2D eigenvalue weighted by molar-refractivity contribution is -0.123. The summed E-state index contributed by atoms with van der Waals surface area (Å²) in [7, 11) is -3.84. The van der Waals surface area contributed by atoms with Gasteiger partial charge in [-0.05, 0) is 63.1 Å². The van der Waals surface area contributed by atoms with Gasteiger partial charge in [0.1, 0.15) is 11.3 Å². The van der Waals surface area contributed by atoms with E-state index in [1.807, 2.05) is 19.9 Å². The molecule has 206 valence electrons. The van der Waals surface area contributed by atoms with Crippen molar-refractivity contribution in [2.75, 3.05) is 24.5 Å². The monoisotopic (exact) mass is 593 g/mol. The van der Waals surface area contributed by atoms with Crippen LogP contribution in [0.2, 0.25) is 5.02 Å². The summed E-state index contributed by atoms with van der Waals surface area (Å²) in [6.45, 7) is 4.57. The van der Waals surface area contributed by atoms with Crippen LogP contribution in [0.4, 0.5) is 13.9 Å². The molecular weight excluding hydrogens is 568 g/mol. The summed E-state index contributed by atoms with van der Waals surface area (Å²) in [5, 5.41) is 5.10. The number of aromatic nitrogens is 3. The van der Waals surface area contributed by atoms with Crippen molar-refractivity contribution in [2.45, 2.75) is 38.1 Å². The van der Waals surface area contributed by atoms with Gasteiger partial charge in [0.15, 0.2) is 10.9 Å². The highest BCUT2D eigenvalue weighted by Gasteiger charge is 2.36. The molecule has 4 aromatic rings. The molecule has 1 aliphatic heterocycles. The fourth-order valence-corrected chi connectivity index (χ4v) is 7.48. The van der Waals surface area contributed by atoms with Crippen molar-refractivity contribution in [2.24, 2.45) is 5.92 Å². The number of fused-ring (bicyclic) bond motifs is 1. The number of carbonyl (C=O) groups excluding carboxylic acids is 1. The maximum atomic E-state index is 14.5. The molecule has 2 aromatic heterocycles. The number of anilines is 1. The molecule has 39 heavy (non-hydrogen) atoms. The molecule has 1 amide bonds. The third-order valence-electron chi connectivity index (χ3n) is 6.72. The number of rotatable bonds is 7. The van der Waals surface area contributed by atoms with E-state index in [0.717, 1.165) is 28.8 Å². The molecule has 2 aromatic carbocycles. The van der Waals surface area contributed by atoms with Crippen LogP contribution in [-0.2, 0) is 21.4 Å². The Bertz CT molecular complexity index is 1640. The van der Waals surface area contributed by atoms with Crippen LogP contribution in [0, 0.1) is 31.4 Å². The summed E-state index contributed by atoms with van der Waals surface area (Å²) in [5.41, 5.74) is 1.73. The van der Waals surface area contributed by atoms with Crippen LogP contribution >= 0.6 is 22.9 Å². The molecule has 0 N–H and O–H groups in total. The number of amides is 1. The molecule has 0 bridgehead atoms. The van der Waals surface area contributed by atoms with Gasteiger partial charge in [0, 0.05) is 36.4 Å². The third kappa shape index (κ3) is 5.69. The van der Waals surface area contributed by atoms with E-state index in [4.69, 9.17) is 11.6 Å². The predicted octanol–water partition coefficient (Wildman–Crippen LogP) is 5.18. The molecule has 1 atom stereocenters. The first kappa shape index (κ1) is 27.6. The molecule has 8 nitrogen and oxygen atoms in total. The van der Waals surface area contributed by atoms with Crippen molar-refractivity contribution >= 4 is 54.2 Å². The van der Waals surface area contributed by atoms with Gasteiger partial charge in [-0.2, -0.15) is 9.40 Å². The molecule has 1 aliphatic rings. The number of sulfonamides is 1. The summed E-state index contributed by atoms with van der Waals surface area (Å²) < 4.78 is 58.3. The lowest BCUT2D eigenvalue weighted by Crippen LogP contribution is -2.47. The van der Waals surface area contributed by atoms with Gasteiger partial charge < -0.3 is 0 Å². The van der Waals surface area contributed by atoms with Gasteiger partial charge in [-0.3, -0.25) is 14.4 Å².